The largest absolute Gasteiger partial charge is 0.494 e. The Morgan fingerprint density at radius 2 is 1.97 bits per heavy atom. The van der Waals surface area contributed by atoms with Gasteiger partial charge in [0, 0.05) is 37.6 Å². The molecule has 1 saturated heterocycles. The van der Waals surface area contributed by atoms with E-state index < -0.39 is 11.9 Å². The molecule has 204 valence electrons. The number of fused-ring (bicyclic) bond motifs is 1. The van der Waals surface area contributed by atoms with Gasteiger partial charge in [0.15, 0.2) is 0 Å². The average Bonchev–Trinajstić information content (AvgIpc) is 3.51. The molecule has 3 amide bonds. The third-order valence-corrected chi connectivity index (χ3v) is 7.05. The molecule has 1 unspecified atom stereocenters. The van der Waals surface area contributed by atoms with Crippen molar-refractivity contribution >= 4 is 17.7 Å². The number of carbonyl (C=O) groups is 3. The van der Waals surface area contributed by atoms with Gasteiger partial charge in [0.25, 0.3) is 5.91 Å². The lowest BCUT2D eigenvalue weighted by molar-refractivity contribution is -0.136. The van der Waals surface area contributed by atoms with Gasteiger partial charge in [-0.05, 0) is 61.2 Å². The zero-order chi connectivity index (χ0) is 27.2. The molecule has 10 nitrogen and oxygen atoms in total. The molecule has 2 aliphatic heterocycles. The molecule has 0 radical (unpaired) electrons. The van der Waals surface area contributed by atoms with Gasteiger partial charge in [0.2, 0.25) is 23.5 Å². The number of nitrogens with zero attached hydrogens (tertiary/aromatic N) is 3. The number of rotatable bonds is 12. The van der Waals surface area contributed by atoms with E-state index in [0.29, 0.717) is 36.9 Å². The minimum Gasteiger partial charge on any atom is -0.494 e. The summed E-state index contributed by atoms with van der Waals surface area (Å²) in [6, 6.07) is 13.0. The maximum Gasteiger partial charge on any atom is 0.255 e. The molecule has 39 heavy (non-hydrogen) atoms. The van der Waals surface area contributed by atoms with Crippen molar-refractivity contribution in [1.82, 2.24) is 25.7 Å². The molecule has 1 fully saturated rings. The summed E-state index contributed by atoms with van der Waals surface area (Å²) in [5.41, 5.74) is 3.58. The number of aryl methyl sites for hydroxylation is 1. The second kappa shape index (κ2) is 12.2. The molecule has 3 aromatic rings. The van der Waals surface area contributed by atoms with E-state index in [1.165, 1.54) is 5.56 Å². The molecule has 0 spiro atoms. The number of nitrogens with one attached hydrogen (secondary N) is 2. The normalized spacial score (nSPS) is 16.9. The molecule has 0 bridgehead atoms. The zero-order valence-electron chi connectivity index (χ0n) is 22.1. The predicted molar refractivity (Wildman–Crippen MR) is 143 cm³/mol. The first kappa shape index (κ1) is 26.6. The second-order valence-electron chi connectivity index (χ2n) is 10.00. The van der Waals surface area contributed by atoms with Crippen LogP contribution in [0.5, 0.6) is 5.75 Å². The van der Waals surface area contributed by atoms with Gasteiger partial charge in [0.05, 0.1) is 6.61 Å². The highest BCUT2D eigenvalue weighted by atomic mass is 16.5. The van der Waals surface area contributed by atoms with E-state index >= 15 is 0 Å². The molecule has 1 aromatic heterocycles. The Bertz CT molecular complexity index is 1350. The van der Waals surface area contributed by atoms with E-state index in [9.17, 15) is 14.4 Å². The van der Waals surface area contributed by atoms with Crippen molar-refractivity contribution in [2.75, 3.05) is 13.2 Å². The molecule has 2 aliphatic rings. The Balaban J connectivity index is 0.973. The fourth-order valence-corrected chi connectivity index (χ4v) is 5.01. The van der Waals surface area contributed by atoms with Gasteiger partial charge in [-0.2, -0.15) is 4.98 Å². The van der Waals surface area contributed by atoms with E-state index in [2.05, 4.69) is 32.9 Å². The molecule has 0 aliphatic carbocycles. The highest BCUT2D eigenvalue weighted by Crippen LogP contribution is 2.30. The van der Waals surface area contributed by atoms with Crippen LogP contribution in [0.15, 0.2) is 47.0 Å². The summed E-state index contributed by atoms with van der Waals surface area (Å²) in [6.45, 7) is 4.47. The van der Waals surface area contributed by atoms with Crippen molar-refractivity contribution in [2.45, 2.75) is 64.6 Å². The summed E-state index contributed by atoms with van der Waals surface area (Å²) in [5.74, 6) is 1.04. The minimum atomic E-state index is -0.604. The minimum absolute atomic E-state index is 0.172. The first-order chi connectivity index (χ1) is 19.0. The van der Waals surface area contributed by atoms with Crippen LogP contribution < -0.4 is 15.4 Å². The van der Waals surface area contributed by atoms with Crippen LogP contribution in [0.4, 0.5) is 0 Å². The van der Waals surface area contributed by atoms with Crippen LogP contribution in [0.2, 0.25) is 0 Å². The fourth-order valence-electron chi connectivity index (χ4n) is 5.01. The summed E-state index contributed by atoms with van der Waals surface area (Å²) >= 11 is 0. The Labute approximate surface area is 227 Å². The Kier molecular flexibility index (Phi) is 8.31. The van der Waals surface area contributed by atoms with Gasteiger partial charge in [-0.25, -0.2) is 0 Å². The maximum absolute atomic E-state index is 12.8. The fraction of sp³-hybridized carbons (Fsp3) is 0.414. The Morgan fingerprint density at radius 3 is 2.79 bits per heavy atom. The summed E-state index contributed by atoms with van der Waals surface area (Å²) in [6.07, 6.45) is 4.82. The zero-order valence-corrected chi connectivity index (χ0v) is 22.1. The number of benzene rings is 2. The number of piperidine rings is 1. The number of aromatic nitrogens is 2. The van der Waals surface area contributed by atoms with Crippen molar-refractivity contribution in [2.24, 2.45) is 0 Å². The van der Waals surface area contributed by atoms with Crippen LogP contribution in [0, 0.1) is 6.92 Å². The summed E-state index contributed by atoms with van der Waals surface area (Å²) in [4.78, 5) is 42.3. The van der Waals surface area contributed by atoms with Crippen LogP contribution in [-0.2, 0) is 22.7 Å². The van der Waals surface area contributed by atoms with Gasteiger partial charge in [-0.3, -0.25) is 19.7 Å². The quantitative estimate of drug-likeness (QED) is 0.268. The van der Waals surface area contributed by atoms with Gasteiger partial charge >= 0.3 is 0 Å². The molecule has 2 aromatic carbocycles. The molecule has 5 rings (SSSR count). The van der Waals surface area contributed by atoms with Crippen molar-refractivity contribution in [3.63, 3.8) is 0 Å². The lowest BCUT2D eigenvalue weighted by Gasteiger charge is -2.29. The van der Waals surface area contributed by atoms with Crippen molar-refractivity contribution in [1.29, 1.82) is 0 Å². The molecule has 2 N–H and O–H groups in total. The Hall–Kier alpha value is -4.05. The van der Waals surface area contributed by atoms with Gasteiger partial charge in [-0.15, -0.1) is 0 Å². The van der Waals surface area contributed by atoms with E-state index in [1.54, 1.807) is 17.9 Å². The number of carbonyl (C=O) groups excluding carboxylic acids is 3. The second-order valence-corrected chi connectivity index (χ2v) is 10.00. The first-order valence-electron chi connectivity index (χ1n) is 13.5. The van der Waals surface area contributed by atoms with Gasteiger partial charge in [-0.1, -0.05) is 36.2 Å². The molecule has 1 atom stereocenters. The summed E-state index contributed by atoms with van der Waals surface area (Å²) in [7, 11) is 0. The van der Waals surface area contributed by atoms with Gasteiger partial charge < -0.3 is 19.5 Å². The SMILES string of the molecule is Cc1nc(-c2cccc(CNCCCCCCOc3ccc4c(c3)CN(C3CCC(=O)NC3=O)C4=O)c2)no1. The van der Waals surface area contributed by atoms with E-state index in [4.69, 9.17) is 9.26 Å². The molecular weight excluding hydrogens is 498 g/mol. The van der Waals surface area contributed by atoms with Crippen molar-refractivity contribution < 1.29 is 23.6 Å². The van der Waals surface area contributed by atoms with Crippen molar-refractivity contribution in [3.05, 3.63) is 65.0 Å². The number of imide groups is 1. The van der Waals surface area contributed by atoms with Crippen LogP contribution in [-0.4, -0.2) is 52.0 Å². The molecule has 10 heteroatoms. The summed E-state index contributed by atoms with van der Waals surface area (Å²) < 4.78 is 11.0. The number of hydrogen-bond donors (Lipinski definition) is 2. The van der Waals surface area contributed by atoms with E-state index in [-0.39, 0.29) is 18.2 Å². The first-order valence-corrected chi connectivity index (χ1v) is 13.5. The third-order valence-electron chi connectivity index (χ3n) is 7.05. The average molecular weight is 532 g/mol. The highest BCUT2D eigenvalue weighted by molar-refractivity contribution is 6.05. The van der Waals surface area contributed by atoms with E-state index in [0.717, 1.165) is 55.6 Å². The lowest BCUT2D eigenvalue weighted by Crippen LogP contribution is -2.52. The van der Waals surface area contributed by atoms with Crippen LogP contribution in [0.25, 0.3) is 11.4 Å². The topological polar surface area (TPSA) is 127 Å². The van der Waals surface area contributed by atoms with Crippen LogP contribution >= 0.6 is 0 Å². The van der Waals surface area contributed by atoms with E-state index in [1.807, 2.05) is 24.3 Å². The lowest BCUT2D eigenvalue weighted by atomic mass is 10.0. The van der Waals surface area contributed by atoms with Crippen molar-refractivity contribution in [3.8, 4) is 17.1 Å². The summed E-state index contributed by atoms with van der Waals surface area (Å²) in [5, 5.41) is 9.80. The van der Waals surface area contributed by atoms with Crippen LogP contribution in [0.1, 0.15) is 65.9 Å². The standard InChI is InChI=1S/C29H33N5O5/c1-19-31-27(33-39-19)21-8-6-7-20(15-21)17-30-13-4-2-3-5-14-38-23-9-10-24-22(16-23)18-34(29(24)37)25-11-12-26(35)32-28(25)36/h6-10,15-16,25,30H,2-5,11-14,17-18H2,1H3,(H,32,35,36). The highest BCUT2D eigenvalue weighted by Gasteiger charge is 2.39. The number of unbranched alkanes of at least 4 members (excludes halogenated alkanes) is 3. The number of hydrogen-bond acceptors (Lipinski definition) is 8. The third kappa shape index (κ3) is 6.51. The van der Waals surface area contributed by atoms with Gasteiger partial charge in [0.1, 0.15) is 11.8 Å². The molecular formula is C29H33N5O5. The molecule has 3 heterocycles. The van der Waals surface area contributed by atoms with Crippen LogP contribution in [0.3, 0.4) is 0 Å². The monoisotopic (exact) mass is 531 g/mol. The predicted octanol–water partition coefficient (Wildman–Crippen LogP) is 3.54. The number of amides is 3. The maximum atomic E-state index is 12.8. The molecule has 0 saturated carbocycles. The Morgan fingerprint density at radius 1 is 1.10 bits per heavy atom. The number of ether oxygens (including phenoxy) is 1. The smallest absolute Gasteiger partial charge is 0.255 e.